The molecule has 0 atom stereocenters. The van der Waals surface area contributed by atoms with Crippen LogP contribution in [0, 0.1) is 22.7 Å². The quantitative estimate of drug-likeness (QED) is 0.583. The molecule has 0 unspecified atom stereocenters. The van der Waals surface area contributed by atoms with Crippen molar-refractivity contribution in [3.05, 3.63) is 62.8 Å². The van der Waals surface area contributed by atoms with Gasteiger partial charge in [-0.15, -0.1) is 0 Å². The third kappa shape index (κ3) is 3.95. The molecular weight excluding hydrogens is 401 g/mol. The Hall–Kier alpha value is -3.03. The molecule has 0 aliphatic carbocycles. The molecule has 0 fully saturated rings. The van der Waals surface area contributed by atoms with Crippen LogP contribution in [0.3, 0.4) is 0 Å². The van der Waals surface area contributed by atoms with Crippen LogP contribution >= 0.6 is 23.2 Å². The molecule has 3 rings (SSSR count). The summed E-state index contributed by atoms with van der Waals surface area (Å²) in [5.74, 6) is -0.173. The molecule has 0 amide bonds. The zero-order chi connectivity index (χ0) is 20.3. The molecular formula is C20H13Cl2N3O3. The van der Waals surface area contributed by atoms with Crippen molar-refractivity contribution in [1.82, 2.24) is 4.90 Å². The largest absolute Gasteiger partial charge is 0.507 e. The molecule has 2 aromatic carbocycles. The lowest BCUT2D eigenvalue weighted by Crippen LogP contribution is -2.24. The van der Waals surface area contributed by atoms with Gasteiger partial charge in [0.05, 0.1) is 36.4 Å². The van der Waals surface area contributed by atoms with Gasteiger partial charge in [-0.2, -0.15) is 10.5 Å². The van der Waals surface area contributed by atoms with Gasteiger partial charge in [0.15, 0.2) is 5.76 Å². The summed E-state index contributed by atoms with van der Waals surface area (Å²) in [5, 5.41) is 28.9. The number of hydrogen-bond acceptors (Lipinski definition) is 6. The molecule has 1 aliphatic rings. The molecule has 8 heteroatoms. The summed E-state index contributed by atoms with van der Waals surface area (Å²) in [6, 6.07) is 11.7. The third-order valence-corrected chi connectivity index (χ3v) is 4.70. The number of halogens is 2. The van der Waals surface area contributed by atoms with Crippen molar-refractivity contribution in [3.63, 3.8) is 0 Å². The minimum Gasteiger partial charge on any atom is -0.507 e. The summed E-state index contributed by atoms with van der Waals surface area (Å²) in [4.78, 5) is 14.2. The van der Waals surface area contributed by atoms with Crippen molar-refractivity contribution in [1.29, 1.82) is 10.5 Å². The van der Waals surface area contributed by atoms with E-state index in [1.807, 2.05) is 12.1 Å². The Labute approximate surface area is 171 Å². The minimum absolute atomic E-state index is 0.00626. The standard InChI is InChI=1S/C20H13Cl2N3O3/c21-13-2-1-12(16(22)10-13)9-18-19(27)14-3-4-17(26)15(20(14)28-18)11-25(7-5-23)8-6-24/h1-4,9-10,26H,7-8,11H2. The smallest absolute Gasteiger partial charge is 0.231 e. The van der Waals surface area contributed by atoms with E-state index in [2.05, 4.69) is 0 Å². The van der Waals surface area contributed by atoms with Gasteiger partial charge in [-0.1, -0.05) is 29.3 Å². The number of allylic oxidation sites excluding steroid dienone is 1. The van der Waals surface area contributed by atoms with E-state index in [1.165, 1.54) is 23.1 Å². The highest BCUT2D eigenvalue weighted by molar-refractivity contribution is 6.35. The second-order valence-electron chi connectivity index (χ2n) is 6.01. The number of hydrogen-bond donors (Lipinski definition) is 1. The number of rotatable bonds is 5. The highest BCUT2D eigenvalue weighted by atomic mass is 35.5. The van der Waals surface area contributed by atoms with Gasteiger partial charge < -0.3 is 9.84 Å². The lowest BCUT2D eigenvalue weighted by atomic mass is 10.0. The van der Waals surface area contributed by atoms with E-state index in [-0.39, 0.29) is 48.2 Å². The molecule has 1 heterocycles. The number of aromatic hydroxyl groups is 1. The van der Waals surface area contributed by atoms with Crippen LogP contribution in [-0.2, 0) is 6.54 Å². The number of phenols is 1. The maximum atomic E-state index is 12.7. The number of Topliss-reactive ketones (excluding diaryl/α,β-unsaturated/α-hetero) is 1. The number of nitrogens with zero attached hydrogens (tertiary/aromatic N) is 3. The van der Waals surface area contributed by atoms with E-state index < -0.39 is 0 Å². The molecule has 0 bridgehead atoms. The molecule has 0 aromatic heterocycles. The fourth-order valence-corrected chi connectivity index (χ4v) is 3.26. The number of nitriles is 2. The number of ether oxygens (including phenoxy) is 1. The first kappa shape index (κ1) is 19.7. The Morgan fingerprint density at radius 1 is 1.14 bits per heavy atom. The maximum absolute atomic E-state index is 12.7. The SMILES string of the molecule is N#CCN(CC#N)Cc1c(O)ccc2c1OC(=Cc1ccc(Cl)cc1Cl)C2=O. The average molecular weight is 414 g/mol. The predicted molar refractivity (Wildman–Crippen MR) is 104 cm³/mol. The summed E-state index contributed by atoms with van der Waals surface area (Å²) in [6.45, 7) is 0.0692. The van der Waals surface area contributed by atoms with Crippen molar-refractivity contribution >= 4 is 35.1 Å². The molecule has 2 aromatic rings. The normalized spacial score (nSPS) is 13.9. The summed E-state index contributed by atoms with van der Waals surface area (Å²) in [6.07, 6.45) is 1.50. The second-order valence-corrected chi connectivity index (χ2v) is 6.85. The molecule has 28 heavy (non-hydrogen) atoms. The van der Waals surface area contributed by atoms with Crippen LogP contribution in [0.25, 0.3) is 6.08 Å². The zero-order valence-electron chi connectivity index (χ0n) is 14.4. The van der Waals surface area contributed by atoms with Crippen LogP contribution in [-0.4, -0.2) is 28.9 Å². The van der Waals surface area contributed by atoms with Crippen LogP contribution < -0.4 is 4.74 Å². The lowest BCUT2D eigenvalue weighted by Gasteiger charge is -2.17. The molecule has 140 valence electrons. The van der Waals surface area contributed by atoms with E-state index >= 15 is 0 Å². The fourth-order valence-electron chi connectivity index (χ4n) is 2.80. The van der Waals surface area contributed by atoms with E-state index in [0.29, 0.717) is 21.2 Å². The second kappa shape index (κ2) is 8.33. The molecule has 0 saturated heterocycles. The first-order chi connectivity index (χ1) is 13.4. The van der Waals surface area contributed by atoms with Gasteiger partial charge in [0, 0.05) is 16.6 Å². The van der Waals surface area contributed by atoms with Gasteiger partial charge in [-0.05, 0) is 35.9 Å². The van der Waals surface area contributed by atoms with E-state index in [4.69, 9.17) is 38.5 Å². The van der Waals surface area contributed by atoms with Crippen molar-refractivity contribution in [2.45, 2.75) is 6.54 Å². The van der Waals surface area contributed by atoms with Crippen LogP contribution in [0.1, 0.15) is 21.5 Å². The van der Waals surface area contributed by atoms with E-state index in [0.717, 1.165) is 0 Å². The molecule has 1 aliphatic heterocycles. The first-order valence-electron chi connectivity index (χ1n) is 8.15. The summed E-state index contributed by atoms with van der Waals surface area (Å²) >= 11 is 12.0. The third-order valence-electron chi connectivity index (χ3n) is 4.14. The number of carbonyl (C=O) groups is 1. The number of fused-ring (bicyclic) bond motifs is 1. The monoisotopic (exact) mass is 413 g/mol. The minimum atomic E-state index is -0.352. The van der Waals surface area contributed by atoms with Crippen molar-refractivity contribution in [2.24, 2.45) is 0 Å². The van der Waals surface area contributed by atoms with Gasteiger partial charge in [0.25, 0.3) is 0 Å². The Balaban J connectivity index is 1.98. The molecule has 0 saturated carbocycles. The fraction of sp³-hybridized carbons (Fsp3) is 0.150. The molecule has 1 N–H and O–H groups in total. The number of benzene rings is 2. The van der Waals surface area contributed by atoms with Gasteiger partial charge in [-0.25, -0.2) is 0 Å². The lowest BCUT2D eigenvalue weighted by molar-refractivity contribution is 0.101. The summed E-state index contributed by atoms with van der Waals surface area (Å²) in [7, 11) is 0. The topological polar surface area (TPSA) is 97.3 Å². The zero-order valence-corrected chi connectivity index (χ0v) is 16.0. The van der Waals surface area contributed by atoms with E-state index in [9.17, 15) is 9.90 Å². The number of phenolic OH excluding ortho intramolecular Hbond substituents is 1. The highest BCUT2D eigenvalue weighted by Crippen LogP contribution is 2.40. The first-order valence-corrected chi connectivity index (χ1v) is 8.90. The Bertz CT molecular complexity index is 1050. The van der Waals surface area contributed by atoms with Crippen molar-refractivity contribution in [2.75, 3.05) is 13.1 Å². The van der Waals surface area contributed by atoms with Crippen molar-refractivity contribution < 1.29 is 14.6 Å². The molecule has 0 spiro atoms. The van der Waals surface area contributed by atoms with E-state index in [1.54, 1.807) is 18.2 Å². The van der Waals surface area contributed by atoms with Gasteiger partial charge >= 0.3 is 0 Å². The Morgan fingerprint density at radius 3 is 2.50 bits per heavy atom. The highest BCUT2D eigenvalue weighted by Gasteiger charge is 2.31. The van der Waals surface area contributed by atoms with Gasteiger partial charge in [0.2, 0.25) is 5.78 Å². The van der Waals surface area contributed by atoms with Crippen molar-refractivity contribution in [3.8, 4) is 23.6 Å². The van der Waals surface area contributed by atoms with Crippen LogP contribution in [0.4, 0.5) is 0 Å². The molecule has 0 radical (unpaired) electrons. The van der Waals surface area contributed by atoms with Crippen LogP contribution in [0.15, 0.2) is 36.1 Å². The number of ketones is 1. The predicted octanol–water partition coefficient (Wildman–Crippen LogP) is 4.16. The maximum Gasteiger partial charge on any atom is 0.231 e. The Kier molecular flexibility index (Phi) is 5.87. The van der Waals surface area contributed by atoms with Gasteiger partial charge in [0.1, 0.15) is 11.5 Å². The summed E-state index contributed by atoms with van der Waals surface area (Å²) in [5.41, 5.74) is 1.18. The number of carbonyl (C=O) groups excluding carboxylic acids is 1. The van der Waals surface area contributed by atoms with Crippen LogP contribution in [0.5, 0.6) is 11.5 Å². The molecule has 6 nitrogen and oxygen atoms in total. The Morgan fingerprint density at radius 2 is 1.86 bits per heavy atom. The van der Waals surface area contributed by atoms with Crippen LogP contribution in [0.2, 0.25) is 10.0 Å². The summed E-state index contributed by atoms with van der Waals surface area (Å²) < 4.78 is 5.74. The van der Waals surface area contributed by atoms with Gasteiger partial charge in [-0.3, -0.25) is 9.69 Å². The average Bonchev–Trinajstić information content (AvgIpc) is 2.96.